The molecule has 2 rings (SSSR count). The third kappa shape index (κ3) is 2.26. The van der Waals surface area contributed by atoms with Crippen LogP contribution in [-0.4, -0.2) is 29.5 Å². The molecule has 2 fully saturated rings. The number of thiocarbonyl (C=S) groups is 1. The lowest BCUT2D eigenvalue weighted by atomic mass is 9.90. The Bertz CT molecular complexity index is 231. The molecule has 0 aliphatic heterocycles. The molecule has 80 valence electrons. The van der Waals surface area contributed by atoms with Crippen LogP contribution in [0.4, 0.5) is 0 Å². The van der Waals surface area contributed by atoms with Crippen molar-refractivity contribution in [3.05, 3.63) is 0 Å². The summed E-state index contributed by atoms with van der Waals surface area (Å²) in [5.74, 6) is 0. The van der Waals surface area contributed by atoms with E-state index < -0.39 is 0 Å². The molecule has 0 amide bonds. The zero-order valence-electron chi connectivity index (χ0n) is 8.96. The van der Waals surface area contributed by atoms with Crippen LogP contribution in [0.5, 0.6) is 0 Å². The van der Waals surface area contributed by atoms with Gasteiger partial charge in [-0.1, -0.05) is 18.6 Å². The van der Waals surface area contributed by atoms with Gasteiger partial charge in [0.25, 0.3) is 0 Å². The summed E-state index contributed by atoms with van der Waals surface area (Å²) in [6.07, 6.45) is 7.79. The highest BCUT2D eigenvalue weighted by Gasteiger charge is 2.44. The van der Waals surface area contributed by atoms with E-state index in [2.05, 4.69) is 11.9 Å². The van der Waals surface area contributed by atoms with Gasteiger partial charge in [-0.05, 0) is 38.1 Å². The van der Waals surface area contributed by atoms with E-state index in [4.69, 9.17) is 18.0 Å². The first-order chi connectivity index (χ1) is 6.61. The highest BCUT2D eigenvalue weighted by molar-refractivity contribution is 7.80. The van der Waals surface area contributed by atoms with Crippen molar-refractivity contribution < 1.29 is 0 Å². The van der Waals surface area contributed by atoms with E-state index in [0.29, 0.717) is 10.4 Å². The molecule has 0 bridgehead atoms. The standard InChI is InChI=1S/C11H20N2S/c1-13(9-3-2-4-9)8-11(5-6-11)7-10(12)14/h9H,2-8H2,1H3,(H2,12,14). The Balaban J connectivity index is 1.80. The Morgan fingerprint density at radius 1 is 1.50 bits per heavy atom. The quantitative estimate of drug-likeness (QED) is 0.706. The summed E-state index contributed by atoms with van der Waals surface area (Å²) in [5, 5.41) is 0. The van der Waals surface area contributed by atoms with Gasteiger partial charge in [0.15, 0.2) is 0 Å². The third-order valence-electron chi connectivity index (χ3n) is 3.79. The predicted octanol–water partition coefficient (Wildman–Crippen LogP) is 1.93. The molecule has 2 aliphatic carbocycles. The van der Waals surface area contributed by atoms with E-state index >= 15 is 0 Å². The molecule has 0 aromatic carbocycles. The molecule has 3 heteroatoms. The minimum Gasteiger partial charge on any atom is -0.393 e. The summed E-state index contributed by atoms with van der Waals surface area (Å²) in [6.45, 7) is 1.20. The fourth-order valence-corrected chi connectivity index (χ4v) is 2.73. The van der Waals surface area contributed by atoms with Crippen LogP contribution in [0, 0.1) is 5.41 Å². The van der Waals surface area contributed by atoms with Crippen molar-refractivity contribution in [2.75, 3.05) is 13.6 Å². The van der Waals surface area contributed by atoms with Crippen molar-refractivity contribution >= 4 is 17.2 Å². The van der Waals surface area contributed by atoms with Crippen LogP contribution in [0.15, 0.2) is 0 Å². The Kier molecular flexibility index (Phi) is 2.80. The van der Waals surface area contributed by atoms with Gasteiger partial charge in [-0.3, -0.25) is 0 Å². The van der Waals surface area contributed by atoms with Gasteiger partial charge in [-0.25, -0.2) is 0 Å². The molecule has 0 radical (unpaired) electrons. The molecule has 14 heavy (non-hydrogen) atoms. The van der Waals surface area contributed by atoms with Crippen LogP contribution < -0.4 is 5.73 Å². The summed E-state index contributed by atoms with van der Waals surface area (Å²) < 4.78 is 0. The lowest BCUT2D eigenvalue weighted by molar-refractivity contribution is 0.133. The maximum Gasteiger partial charge on any atom is 0.0733 e. The maximum atomic E-state index is 5.63. The van der Waals surface area contributed by atoms with E-state index in [1.807, 2.05) is 0 Å². The van der Waals surface area contributed by atoms with Crippen LogP contribution in [0.3, 0.4) is 0 Å². The van der Waals surface area contributed by atoms with Crippen molar-refractivity contribution in [2.45, 2.75) is 44.6 Å². The van der Waals surface area contributed by atoms with E-state index in [-0.39, 0.29) is 0 Å². The van der Waals surface area contributed by atoms with Gasteiger partial charge < -0.3 is 10.6 Å². The van der Waals surface area contributed by atoms with Gasteiger partial charge in [-0.15, -0.1) is 0 Å². The number of rotatable bonds is 5. The molecule has 0 aromatic rings. The van der Waals surface area contributed by atoms with Crippen molar-refractivity contribution in [3.63, 3.8) is 0 Å². The molecule has 0 saturated heterocycles. The minimum atomic E-state index is 0.468. The summed E-state index contributed by atoms with van der Waals surface area (Å²) in [7, 11) is 2.25. The van der Waals surface area contributed by atoms with Crippen molar-refractivity contribution in [1.82, 2.24) is 4.90 Å². The Morgan fingerprint density at radius 3 is 2.50 bits per heavy atom. The second-order valence-corrected chi connectivity index (χ2v) is 5.67. The molecular weight excluding hydrogens is 192 g/mol. The van der Waals surface area contributed by atoms with Crippen LogP contribution in [0.25, 0.3) is 0 Å². The largest absolute Gasteiger partial charge is 0.393 e. The highest BCUT2D eigenvalue weighted by Crippen LogP contribution is 2.49. The van der Waals surface area contributed by atoms with Crippen molar-refractivity contribution in [2.24, 2.45) is 11.1 Å². The topological polar surface area (TPSA) is 29.3 Å². The van der Waals surface area contributed by atoms with Gasteiger partial charge in [0, 0.05) is 19.0 Å². The molecule has 2 aliphatic rings. The molecule has 0 aromatic heterocycles. The number of nitrogens with two attached hydrogens (primary N) is 1. The van der Waals surface area contributed by atoms with E-state index in [9.17, 15) is 0 Å². The maximum absolute atomic E-state index is 5.63. The van der Waals surface area contributed by atoms with Crippen LogP contribution in [0.2, 0.25) is 0 Å². The average molecular weight is 212 g/mol. The first-order valence-electron chi connectivity index (χ1n) is 5.60. The van der Waals surface area contributed by atoms with Gasteiger partial charge >= 0.3 is 0 Å². The van der Waals surface area contributed by atoms with Gasteiger partial charge in [-0.2, -0.15) is 0 Å². The molecule has 2 nitrogen and oxygen atoms in total. The average Bonchev–Trinajstić information content (AvgIpc) is 2.61. The fourth-order valence-electron chi connectivity index (χ4n) is 2.42. The minimum absolute atomic E-state index is 0.468. The molecule has 2 N–H and O–H groups in total. The normalized spacial score (nSPS) is 24.7. The molecule has 0 atom stereocenters. The third-order valence-corrected chi connectivity index (χ3v) is 3.93. The summed E-state index contributed by atoms with van der Waals surface area (Å²) in [6, 6.07) is 0.846. The molecule has 0 spiro atoms. The SMILES string of the molecule is CN(CC1(CC(N)=S)CC1)C1CCC1. The van der Waals surface area contributed by atoms with Crippen molar-refractivity contribution in [3.8, 4) is 0 Å². The second kappa shape index (κ2) is 3.78. The van der Waals surface area contributed by atoms with Gasteiger partial charge in [0.1, 0.15) is 0 Å². The van der Waals surface area contributed by atoms with Crippen LogP contribution in [-0.2, 0) is 0 Å². The number of hydrogen-bond donors (Lipinski definition) is 1. The Hall–Kier alpha value is -0.150. The molecular formula is C11H20N2S. The lowest BCUT2D eigenvalue weighted by Gasteiger charge is -2.37. The monoisotopic (exact) mass is 212 g/mol. The Labute approximate surface area is 91.8 Å². The number of nitrogens with zero attached hydrogens (tertiary/aromatic N) is 1. The molecule has 2 saturated carbocycles. The lowest BCUT2D eigenvalue weighted by Crippen LogP contribution is -2.41. The second-order valence-electron chi connectivity index (χ2n) is 5.14. The zero-order valence-corrected chi connectivity index (χ0v) is 9.78. The van der Waals surface area contributed by atoms with Crippen LogP contribution in [0.1, 0.15) is 38.5 Å². The Morgan fingerprint density at radius 2 is 2.14 bits per heavy atom. The summed E-state index contributed by atoms with van der Waals surface area (Å²) >= 11 is 5.00. The smallest absolute Gasteiger partial charge is 0.0733 e. The fraction of sp³-hybridized carbons (Fsp3) is 0.909. The molecule has 0 heterocycles. The van der Waals surface area contributed by atoms with Gasteiger partial charge in [0.2, 0.25) is 0 Å². The first-order valence-corrected chi connectivity index (χ1v) is 6.01. The van der Waals surface area contributed by atoms with E-state index in [0.717, 1.165) is 12.5 Å². The summed E-state index contributed by atoms with van der Waals surface area (Å²) in [4.78, 5) is 3.22. The van der Waals surface area contributed by atoms with Gasteiger partial charge in [0.05, 0.1) is 4.99 Å². The van der Waals surface area contributed by atoms with Crippen molar-refractivity contribution in [1.29, 1.82) is 0 Å². The first kappa shape index (κ1) is 10.4. The van der Waals surface area contributed by atoms with Crippen LogP contribution >= 0.6 is 12.2 Å². The number of hydrogen-bond acceptors (Lipinski definition) is 2. The molecule has 0 unspecified atom stereocenters. The highest BCUT2D eigenvalue weighted by atomic mass is 32.1. The van der Waals surface area contributed by atoms with E-state index in [1.165, 1.54) is 38.6 Å². The summed E-state index contributed by atoms with van der Waals surface area (Å²) in [5.41, 5.74) is 6.10. The predicted molar refractivity (Wildman–Crippen MR) is 63.3 cm³/mol. The van der Waals surface area contributed by atoms with E-state index in [1.54, 1.807) is 0 Å². The zero-order chi connectivity index (χ0) is 10.2.